The highest BCUT2D eigenvalue weighted by atomic mass is 32.2. The number of nitrogens with one attached hydrogen (secondary N) is 1. The predicted octanol–water partition coefficient (Wildman–Crippen LogP) is 3.40. The molecular formula is C24H25N3O5S2. The van der Waals surface area contributed by atoms with E-state index in [1.54, 1.807) is 17.4 Å². The van der Waals surface area contributed by atoms with Gasteiger partial charge in [0.1, 0.15) is 18.2 Å². The molecule has 1 aliphatic carbocycles. The lowest BCUT2D eigenvalue weighted by molar-refractivity contribution is -0.121. The van der Waals surface area contributed by atoms with E-state index in [0.29, 0.717) is 24.7 Å². The largest absolute Gasteiger partial charge is 0.486 e. The molecule has 0 radical (unpaired) electrons. The molecule has 0 bridgehead atoms. The second-order valence-corrected chi connectivity index (χ2v) is 11.4. The standard InChI is InChI=1S/C24H25N3O5S2/c1-27(34(29,30)17-10-11-20-21(14-17)32-13-12-31-20)15-22(28)25-18-8-5-9-19-23(18)33-24(26-19)16-6-3-2-4-7-16/h2-4,6-7,10-11,14,18H,5,8-9,12-13,15H2,1H3,(H,25,28)/t18-/m1/s1. The van der Waals surface area contributed by atoms with Crippen molar-refractivity contribution >= 4 is 27.3 Å². The molecule has 0 saturated carbocycles. The summed E-state index contributed by atoms with van der Waals surface area (Å²) in [5.74, 6) is 0.550. The number of carbonyl (C=O) groups excluding carboxylic acids is 1. The van der Waals surface area contributed by atoms with Gasteiger partial charge in [0, 0.05) is 18.7 Å². The quantitative estimate of drug-likeness (QED) is 0.558. The van der Waals surface area contributed by atoms with Gasteiger partial charge in [-0.3, -0.25) is 4.79 Å². The van der Waals surface area contributed by atoms with Crippen LogP contribution in [0.5, 0.6) is 11.5 Å². The van der Waals surface area contributed by atoms with E-state index in [2.05, 4.69) is 5.32 Å². The Bertz CT molecular complexity index is 1310. The van der Waals surface area contributed by atoms with Crippen molar-refractivity contribution in [2.24, 2.45) is 0 Å². The lowest BCUT2D eigenvalue weighted by Crippen LogP contribution is -2.40. The molecule has 3 aromatic rings. The lowest BCUT2D eigenvalue weighted by atomic mass is 9.98. The minimum atomic E-state index is -3.87. The first-order valence-corrected chi connectivity index (χ1v) is 13.4. The number of thiazole rings is 1. The fourth-order valence-electron chi connectivity index (χ4n) is 4.15. The Morgan fingerprint density at radius 2 is 1.91 bits per heavy atom. The van der Waals surface area contributed by atoms with E-state index in [-0.39, 0.29) is 23.4 Å². The number of hydrogen-bond acceptors (Lipinski definition) is 7. The summed E-state index contributed by atoms with van der Waals surface area (Å²) in [6.45, 7) is 0.503. The van der Waals surface area contributed by atoms with Crippen molar-refractivity contribution < 1.29 is 22.7 Å². The second-order valence-electron chi connectivity index (χ2n) is 8.27. The third-order valence-electron chi connectivity index (χ3n) is 5.89. The Morgan fingerprint density at radius 3 is 2.71 bits per heavy atom. The van der Waals surface area contributed by atoms with Crippen LogP contribution in [0.15, 0.2) is 53.4 Å². The number of fused-ring (bicyclic) bond motifs is 2. The Labute approximate surface area is 202 Å². The molecule has 10 heteroatoms. The highest BCUT2D eigenvalue weighted by Crippen LogP contribution is 2.38. The fourth-order valence-corrected chi connectivity index (χ4v) is 6.50. The molecule has 1 atom stereocenters. The summed E-state index contributed by atoms with van der Waals surface area (Å²) >= 11 is 1.59. The van der Waals surface area contributed by atoms with E-state index < -0.39 is 10.0 Å². The number of aryl methyl sites for hydroxylation is 1. The van der Waals surface area contributed by atoms with Gasteiger partial charge in [-0.05, 0) is 31.4 Å². The van der Waals surface area contributed by atoms with E-state index in [9.17, 15) is 13.2 Å². The number of nitrogens with zero attached hydrogens (tertiary/aromatic N) is 2. The zero-order valence-electron chi connectivity index (χ0n) is 18.7. The van der Waals surface area contributed by atoms with Crippen molar-refractivity contribution in [2.75, 3.05) is 26.8 Å². The highest BCUT2D eigenvalue weighted by Gasteiger charge is 2.29. The lowest BCUT2D eigenvalue weighted by Gasteiger charge is -2.24. The highest BCUT2D eigenvalue weighted by molar-refractivity contribution is 7.89. The van der Waals surface area contributed by atoms with Gasteiger partial charge in [0.05, 0.1) is 28.1 Å². The number of ether oxygens (including phenoxy) is 2. The molecule has 178 valence electrons. The van der Waals surface area contributed by atoms with Gasteiger partial charge in [0.25, 0.3) is 0 Å². The van der Waals surface area contributed by atoms with Gasteiger partial charge < -0.3 is 14.8 Å². The molecule has 1 N–H and O–H groups in total. The summed E-state index contributed by atoms with van der Waals surface area (Å²) in [5, 5.41) is 3.96. The Balaban J connectivity index is 1.28. The van der Waals surface area contributed by atoms with Gasteiger partial charge in [-0.25, -0.2) is 13.4 Å². The molecular weight excluding hydrogens is 474 g/mol. The molecule has 1 amide bonds. The average molecular weight is 500 g/mol. The number of rotatable bonds is 6. The molecule has 0 spiro atoms. The molecule has 0 saturated heterocycles. The van der Waals surface area contributed by atoms with Crippen LogP contribution in [-0.4, -0.2) is 50.4 Å². The second kappa shape index (κ2) is 9.36. The number of amides is 1. The first-order chi connectivity index (χ1) is 16.4. The minimum absolute atomic E-state index is 0.0574. The van der Waals surface area contributed by atoms with Crippen LogP contribution in [0.1, 0.15) is 29.5 Å². The zero-order chi connectivity index (χ0) is 23.7. The van der Waals surface area contributed by atoms with Crippen LogP contribution < -0.4 is 14.8 Å². The summed E-state index contributed by atoms with van der Waals surface area (Å²) in [7, 11) is -2.47. The van der Waals surface area contributed by atoms with Gasteiger partial charge in [0.2, 0.25) is 15.9 Å². The molecule has 2 aromatic carbocycles. The van der Waals surface area contributed by atoms with E-state index in [1.165, 1.54) is 19.2 Å². The molecule has 34 heavy (non-hydrogen) atoms. The van der Waals surface area contributed by atoms with Crippen LogP contribution in [0.25, 0.3) is 10.6 Å². The molecule has 2 aliphatic rings. The number of aromatic nitrogens is 1. The van der Waals surface area contributed by atoms with Crippen molar-refractivity contribution in [3.8, 4) is 22.1 Å². The number of benzene rings is 2. The van der Waals surface area contributed by atoms with E-state index in [1.807, 2.05) is 30.3 Å². The molecule has 8 nitrogen and oxygen atoms in total. The van der Waals surface area contributed by atoms with Crippen LogP contribution in [0.3, 0.4) is 0 Å². The van der Waals surface area contributed by atoms with Gasteiger partial charge in [0.15, 0.2) is 11.5 Å². The zero-order valence-corrected chi connectivity index (χ0v) is 20.3. The van der Waals surface area contributed by atoms with Gasteiger partial charge in [-0.15, -0.1) is 11.3 Å². The number of hydrogen-bond donors (Lipinski definition) is 1. The topological polar surface area (TPSA) is 97.8 Å². The average Bonchev–Trinajstić information content (AvgIpc) is 3.30. The number of carbonyl (C=O) groups is 1. The predicted molar refractivity (Wildman–Crippen MR) is 129 cm³/mol. The number of sulfonamides is 1. The Morgan fingerprint density at radius 1 is 1.15 bits per heavy atom. The smallest absolute Gasteiger partial charge is 0.243 e. The molecule has 1 aromatic heterocycles. The van der Waals surface area contributed by atoms with Gasteiger partial charge >= 0.3 is 0 Å². The van der Waals surface area contributed by atoms with Gasteiger partial charge in [-0.1, -0.05) is 30.3 Å². The monoisotopic (exact) mass is 499 g/mol. The molecule has 2 heterocycles. The molecule has 5 rings (SSSR count). The van der Waals surface area contributed by atoms with Crippen LogP contribution in [0, 0.1) is 0 Å². The number of likely N-dealkylation sites (N-methyl/N-ethyl adjacent to an activating group) is 1. The summed E-state index contributed by atoms with van der Waals surface area (Å²) in [4.78, 5) is 18.7. The normalized spacial score (nSPS) is 17.3. The SMILES string of the molecule is CN(CC(=O)N[C@@H]1CCCc2nc(-c3ccccc3)sc21)S(=O)(=O)c1ccc2c(c1)OCCO2. The fraction of sp³-hybridized carbons (Fsp3) is 0.333. The van der Waals surface area contributed by atoms with Crippen LogP contribution in [0.4, 0.5) is 0 Å². The summed E-state index contributed by atoms with van der Waals surface area (Å²) in [6.07, 6.45) is 2.60. The summed E-state index contributed by atoms with van der Waals surface area (Å²) < 4.78 is 38.1. The Kier molecular flexibility index (Phi) is 6.28. The third kappa shape index (κ3) is 4.53. The van der Waals surface area contributed by atoms with E-state index >= 15 is 0 Å². The first kappa shape index (κ1) is 22.8. The first-order valence-electron chi connectivity index (χ1n) is 11.1. The maximum atomic E-state index is 13.0. The third-order valence-corrected chi connectivity index (χ3v) is 8.95. The van der Waals surface area contributed by atoms with Crippen LogP contribution in [0.2, 0.25) is 0 Å². The summed E-state index contributed by atoms with van der Waals surface area (Å²) in [5.41, 5.74) is 2.06. The van der Waals surface area contributed by atoms with Crippen LogP contribution >= 0.6 is 11.3 Å². The maximum absolute atomic E-state index is 13.0. The van der Waals surface area contributed by atoms with Crippen molar-refractivity contribution in [3.63, 3.8) is 0 Å². The van der Waals surface area contributed by atoms with Gasteiger partial charge in [-0.2, -0.15) is 4.31 Å². The van der Waals surface area contributed by atoms with E-state index in [4.69, 9.17) is 14.5 Å². The molecule has 0 fully saturated rings. The Hall–Kier alpha value is -2.95. The minimum Gasteiger partial charge on any atom is -0.486 e. The van der Waals surface area contributed by atoms with Crippen molar-refractivity contribution in [1.29, 1.82) is 0 Å². The molecule has 1 aliphatic heterocycles. The van der Waals surface area contributed by atoms with Crippen LogP contribution in [-0.2, 0) is 21.2 Å². The van der Waals surface area contributed by atoms with Crippen molar-refractivity contribution in [1.82, 2.24) is 14.6 Å². The van der Waals surface area contributed by atoms with Crippen molar-refractivity contribution in [3.05, 3.63) is 59.1 Å². The summed E-state index contributed by atoms with van der Waals surface area (Å²) in [6, 6.07) is 14.3. The molecule has 0 unspecified atom stereocenters. The van der Waals surface area contributed by atoms with E-state index in [0.717, 1.165) is 44.7 Å². The van der Waals surface area contributed by atoms with Crippen molar-refractivity contribution in [2.45, 2.75) is 30.2 Å². The maximum Gasteiger partial charge on any atom is 0.243 e.